The Morgan fingerprint density at radius 1 is 0.800 bits per heavy atom. The lowest BCUT2D eigenvalue weighted by Crippen LogP contribution is -1.97. The van der Waals surface area contributed by atoms with Crippen LogP contribution in [-0.2, 0) is 0 Å². The van der Waals surface area contributed by atoms with Gasteiger partial charge in [-0.2, -0.15) is 11.3 Å². The first-order chi connectivity index (χ1) is 9.83. The Hall–Kier alpha value is -2.10. The maximum Gasteiger partial charge on any atom is 0.127 e. The van der Waals surface area contributed by atoms with Crippen molar-refractivity contribution in [1.82, 2.24) is 0 Å². The van der Waals surface area contributed by atoms with Crippen molar-refractivity contribution in [2.45, 2.75) is 6.10 Å². The fourth-order valence-corrected chi connectivity index (χ4v) is 2.64. The van der Waals surface area contributed by atoms with Crippen LogP contribution in [0.3, 0.4) is 0 Å². The number of para-hydroxylation sites is 1. The minimum absolute atomic E-state index is 0.577. The summed E-state index contributed by atoms with van der Waals surface area (Å²) in [6.45, 7) is 0. The molecule has 0 radical (unpaired) electrons. The van der Waals surface area contributed by atoms with Gasteiger partial charge in [0, 0.05) is 0 Å². The van der Waals surface area contributed by atoms with Crippen molar-refractivity contribution in [3.8, 4) is 11.5 Å². The largest absolute Gasteiger partial charge is 0.457 e. The molecule has 0 aliphatic heterocycles. The average Bonchev–Trinajstić information content (AvgIpc) is 3.03. The molecule has 0 fully saturated rings. The number of ether oxygens (including phenoxy) is 1. The van der Waals surface area contributed by atoms with Crippen molar-refractivity contribution in [2.75, 3.05) is 0 Å². The van der Waals surface area contributed by atoms with Crippen LogP contribution in [0.5, 0.6) is 11.5 Å². The number of hydrogen-bond donors (Lipinski definition) is 1. The van der Waals surface area contributed by atoms with Crippen molar-refractivity contribution in [3.63, 3.8) is 0 Å². The van der Waals surface area contributed by atoms with Crippen molar-refractivity contribution in [1.29, 1.82) is 0 Å². The van der Waals surface area contributed by atoms with Crippen LogP contribution in [0.2, 0.25) is 0 Å². The highest BCUT2D eigenvalue weighted by Gasteiger charge is 2.10. The Morgan fingerprint density at radius 2 is 1.50 bits per heavy atom. The van der Waals surface area contributed by atoms with Crippen LogP contribution in [0.15, 0.2) is 71.4 Å². The Bertz CT molecular complexity index is 645. The van der Waals surface area contributed by atoms with Gasteiger partial charge in [-0.15, -0.1) is 0 Å². The fraction of sp³-hybridized carbons (Fsp3) is 0.0588. The maximum absolute atomic E-state index is 10.2. The van der Waals surface area contributed by atoms with Crippen molar-refractivity contribution in [2.24, 2.45) is 0 Å². The molecule has 0 aliphatic carbocycles. The number of aliphatic hydroxyl groups is 1. The molecule has 0 aliphatic rings. The Morgan fingerprint density at radius 3 is 2.15 bits per heavy atom. The first-order valence-electron chi connectivity index (χ1n) is 6.36. The summed E-state index contributed by atoms with van der Waals surface area (Å²) < 4.78 is 5.72. The van der Waals surface area contributed by atoms with Crippen LogP contribution in [-0.4, -0.2) is 5.11 Å². The highest BCUT2D eigenvalue weighted by molar-refractivity contribution is 7.07. The lowest BCUT2D eigenvalue weighted by atomic mass is 10.0. The standard InChI is InChI=1S/C17H14O2S/c18-17(14-10-11-20-12-14)13-6-8-16(9-7-13)19-15-4-2-1-3-5-15/h1-12,17-18H/t17-/m1/s1. The van der Waals surface area contributed by atoms with E-state index in [4.69, 9.17) is 4.74 Å². The van der Waals surface area contributed by atoms with Crippen LogP contribution >= 0.6 is 11.3 Å². The number of aliphatic hydroxyl groups excluding tert-OH is 1. The second-order valence-corrected chi connectivity index (χ2v) is 5.22. The Balaban J connectivity index is 1.75. The summed E-state index contributed by atoms with van der Waals surface area (Å²) >= 11 is 1.58. The van der Waals surface area contributed by atoms with Gasteiger partial charge in [-0.1, -0.05) is 30.3 Å². The quantitative estimate of drug-likeness (QED) is 0.756. The van der Waals surface area contributed by atoms with Crippen LogP contribution in [0.25, 0.3) is 0 Å². The summed E-state index contributed by atoms with van der Waals surface area (Å²) in [5.41, 5.74) is 1.79. The molecule has 1 aromatic heterocycles. The van der Waals surface area contributed by atoms with Gasteiger partial charge in [0.1, 0.15) is 17.6 Å². The van der Waals surface area contributed by atoms with Gasteiger partial charge in [0.05, 0.1) is 0 Å². The first-order valence-corrected chi connectivity index (χ1v) is 7.30. The number of benzene rings is 2. The minimum Gasteiger partial charge on any atom is -0.457 e. The third-order valence-corrected chi connectivity index (χ3v) is 3.74. The van der Waals surface area contributed by atoms with E-state index in [9.17, 15) is 5.11 Å². The molecule has 0 amide bonds. The molecule has 100 valence electrons. The molecule has 3 aromatic rings. The van der Waals surface area contributed by atoms with Crippen LogP contribution in [0.4, 0.5) is 0 Å². The lowest BCUT2D eigenvalue weighted by molar-refractivity contribution is 0.221. The summed E-state index contributed by atoms with van der Waals surface area (Å²) in [5.74, 6) is 1.57. The summed E-state index contributed by atoms with van der Waals surface area (Å²) in [5, 5.41) is 14.1. The maximum atomic E-state index is 10.2. The van der Waals surface area contributed by atoms with Gasteiger partial charge in [-0.05, 0) is 52.2 Å². The van der Waals surface area contributed by atoms with E-state index < -0.39 is 6.10 Å². The van der Waals surface area contributed by atoms with Gasteiger partial charge in [-0.25, -0.2) is 0 Å². The minimum atomic E-state index is -0.577. The molecule has 0 saturated carbocycles. The van der Waals surface area contributed by atoms with Gasteiger partial charge in [0.15, 0.2) is 0 Å². The number of rotatable bonds is 4. The zero-order chi connectivity index (χ0) is 13.8. The Labute approximate surface area is 121 Å². The van der Waals surface area contributed by atoms with E-state index in [1.54, 1.807) is 11.3 Å². The summed E-state index contributed by atoms with van der Waals surface area (Å²) in [4.78, 5) is 0. The second kappa shape index (κ2) is 5.90. The average molecular weight is 282 g/mol. The summed E-state index contributed by atoms with van der Waals surface area (Å²) in [6.07, 6.45) is -0.577. The molecule has 0 spiro atoms. The van der Waals surface area contributed by atoms with Gasteiger partial charge in [0.2, 0.25) is 0 Å². The van der Waals surface area contributed by atoms with Gasteiger partial charge in [-0.3, -0.25) is 0 Å². The molecule has 20 heavy (non-hydrogen) atoms. The van der Waals surface area contributed by atoms with Gasteiger partial charge < -0.3 is 9.84 Å². The van der Waals surface area contributed by atoms with Crippen LogP contribution < -0.4 is 4.74 Å². The monoisotopic (exact) mass is 282 g/mol. The topological polar surface area (TPSA) is 29.5 Å². The molecule has 1 N–H and O–H groups in total. The van der Waals surface area contributed by atoms with E-state index >= 15 is 0 Å². The summed E-state index contributed by atoms with van der Waals surface area (Å²) in [7, 11) is 0. The molecule has 1 heterocycles. The van der Waals surface area contributed by atoms with Gasteiger partial charge >= 0.3 is 0 Å². The van der Waals surface area contributed by atoms with E-state index in [0.29, 0.717) is 0 Å². The van der Waals surface area contributed by atoms with Crippen LogP contribution in [0.1, 0.15) is 17.2 Å². The predicted molar refractivity (Wildman–Crippen MR) is 81.3 cm³/mol. The zero-order valence-corrected chi connectivity index (χ0v) is 11.6. The van der Waals surface area contributed by atoms with E-state index in [2.05, 4.69) is 0 Å². The SMILES string of the molecule is O[C@H](c1ccc(Oc2ccccc2)cc1)c1ccsc1. The van der Waals surface area contributed by atoms with E-state index in [-0.39, 0.29) is 0 Å². The zero-order valence-electron chi connectivity index (χ0n) is 10.8. The molecular weight excluding hydrogens is 268 g/mol. The molecule has 0 saturated heterocycles. The van der Waals surface area contributed by atoms with Crippen molar-refractivity contribution < 1.29 is 9.84 Å². The molecule has 1 atom stereocenters. The highest BCUT2D eigenvalue weighted by Crippen LogP contribution is 2.27. The molecule has 3 rings (SSSR count). The lowest BCUT2D eigenvalue weighted by Gasteiger charge is -2.11. The molecular formula is C17H14O2S. The third-order valence-electron chi connectivity index (χ3n) is 3.03. The normalized spacial score (nSPS) is 12.1. The number of thiophene rings is 1. The van der Waals surface area contributed by atoms with E-state index in [0.717, 1.165) is 22.6 Å². The smallest absolute Gasteiger partial charge is 0.127 e. The third kappa shape index (κ3) is 2.90. The molecule has 3 heteroatoms. The molecule has 0 unspecified atom stereocenters. The molecule has 2 aromatic carbocycles. The molecule has 0 bridgehead atoms. The second-order valence-electron chi connectivity index (χ2n) is 4.44. The van der Waals surface area contributed by atoms with Crippen LogP contribution in [0, 0.1) is 0 Å². The van der Waals surface area contributed by atoms with Gasteiger partial charge in [0.25, 0.3) is 0 Å². The van der Waals surface area contributed by atoms with Crippen molar-refractivity contribution >= 4 is 11.3 Å². The predicted octanol–water partition coefficient (Wildman–Crippen LogP) is 4.62. The number of hydrogen-bond acceptors (Lipinski definition) is 3. The highest BCUT2D eigenvalue weighted by atomic mass is 32.1. The fourth-order valence-electron chi connectivity index (χ4n) is 1.97. The van der Waals surface area contributed by atoms with E-state index in [1.807, 2.05) is 71.4 Å². The first kappa shape index (κ1) is 12.9. The summed E-state index contributed by atoms with van der Waals surface area (Å²) in [6, 6.07) is 19.1. The Kier molecular flexibility index (Phi) is 3.81. The molecule has 2 nitrogen and oxygen atoms in total. The van der Waals surface area contributed by atoms with E-state index in [1.165, 1.54) is 0 Å². The van der Waals surface area contributed by atoms with Crippen molar-refractivity contribution in [3.05, 3.63) is 82.6 Å².